The Balaban J connectivity index is 2.82. The monoisotopic (exact) mass is 275 g/mol. The zero-order chi connectivity index (χ0) is 12.9. The molecule has 1 unspecified atom stereocenters. The lowest BCUT2D eigenvalue weighted by Gasteiger charge is -2.15. The molecule has 1 rings (SSSR count). The molecule has 1 aromatic rings. The highest BCUT2D eigenvalue weighted by Gasteiger charge is 2.11. The quantitative estimate of drug-likeness (QED) is 0.812. The highest BCUT2D eigenvalue weighted by atomic mass is 35.5. The van der Waals surface area contributed by atoms with Crippen LogP contribution in [0.4, 0.5) is 5.69 Å². The zero-order valence-electron chi connectivity index (χ0n) is 10.1. The predicted octanol–water partition coefficient (Wildman–Crippen LogP) is 2.91. The van der Waals surface area contributed by atoms with Crippen molar-refractivity contribution in [3.05, 3.63) is 24.3 Å². The van der Waals surface area contributed by atoms with E-state index in [2.05, 4.69) is 12.2 Å². The van der Waals surface area contributed by atoms with Gasteiger partial charge in [0.15, 0.2) is 9.84 Å². The summed E-state index contributed by atoms with van der Waals surface area (Å²) in [4.78, 5) is 0.365. The average Bonchev–Trinajstić information content (AvgIpc) is 2.36. The molecule has 0 aromatic heterocycles. The Hall–Kier alpha value is -0.740. The fourth-order valence-corrected chi connectivity index (χ4v) is 2.59. The van der Waals surface area contributed by atoms with E-state index in [0.29, 0.717) is 10.8 Å². The summed E-state index contributed by atoms with van der Waals surface area (Å²) in [7, 11) is -3.11. The molecule has 0 aliphatic rings. The van der Waals surface area contributed by atoms with Gasteiger partial charge in [0.2, 0.25) is 0 Å². The van der Waals surface area contributed by atoms with Crippen LogP contribution in [0.5, 0.6) is 0 Å². The number of hydrogen-bond donors (Lipinski definition) is 1. The Morgan fingerprint density at radius 1 is 1.24 bits per heavy atom. The lowest BCUT2D eigenvalue weighted by molar-refractivity contribution is 0.597. The van der Waals surface area contributed by atoms with Crippen LogP contribution in [0.15, 0.2) is 29.2 Å². The molecule has 0 amide bonds. The second kappa shape index (κ2) is 6.26. The van der Waals surface area contributed by atoms with Crippen LogP contribution in [0.2, 0.25) is 0 Å². The van der Waals surface area contributed by atoms with E-state index < -0.39 is 9.84 Å². The van der Waals surface area contributed by atoms with Crippen LogP contribution in [0.25, 0.3) is 0 Å². The average molecular weight is 276 g/mol. The summed E-state index contributed by atoms with van der Waals surface area (Å²) in [6.07, 6.45) is 0.929. The van der Waals surface area contributed by atoms with Gasteiger partial charge in [-0.3, -0.25) is 0 Å². The third-order valence-electron chi connectivity index (χ3n) is 2.64. The molecular weight excluding hydrogens is 258 g/mol. The normalized spacial score (nSPS) is 13.4. The molecule has 17 heavy (non-hydrogen) atoms. The summed E-state index contributed by atoms with van der Waals surface area (Å²) < 4.78 is 23.2. The Labute approximate surface area is 108 Å². The number of alkyl halides is 1. The van der Waals surface area contributed by atoms with E-state index in [9.17, 15) is 8.42 Å². The molecule has 1 atom stereocenters. The highest BCUT2D eigenvalue weighted by molar-refractivity contribution is 7.91. The molecule has 0 saturated heterocycles. The van der Waals surface area contributed by atoms with E-state index in [1.807, 2.05) is 0 Å². The second-order valence-corrected chi connectivity index (χ2v) is 6.42. The maximum absolute atomic E-state index is 11.6. The summed E-state index contributed by atoms with van der Waals surface area (Å²) in [5, 5.41) is 3.25. The van der Waals surface area contributed by atoms with E-state index in [0.717, 1.165) is 12.1 Å². The van der Waals surface area contributed by atoms with Crippen LogP contribution in [0.1, 0.15) is 20.3 Å². The molecule has 0 aliphatic heterocycles. The topological polar surface area (TPSA) is 46.2 Å². The Kier molecular flexibility index (Phi) is 5.28. The van der Waals surface area contributed by atoms with Gasteiger partial charge in [-0.1, -0.05) is 13.8 Å². The van der Waals surface area contributed by atoms with Crippen LogP contribution < -0.4 is 5.32 Å². The molecule has 0 spiro atoms. The maximum atomic E-state index is 11.6. The standard InChI is InChI=1S/C12H18ClNO2S/c1-3-10(9-13)14-11-5-7-12(8-6-11)17(15,16)4-2/h5-8,10,14H,3-4,9H2,1-2H3. The Morgan fingerprint density at radius 2 is 1.82 bits per heavy atom. The predicted molar refractivity (Wildman–Crippen MR) is 72.6 cm³/mol. The Bertz CT molecular complexity index is 438. The van der Waals surface area contributed by atoms with E-state index in [4.69, 9.17) is 11.6 Å². The third-order valence-corrected chi connectivity index (χ3v) is 4.77. The van der Waals surface area contributed by atoms with Crippen molar-refractivity contribution < 1.29 is 8.42 Å². The van der Waals surface area contributed by atoms with Gasteiger partial charge in [-0.05, 0) is 30.7 Å². The Morgan fingerprint density at radius 3 is 2.24 bits per heavy atom. The molecule has 0 heterocycles. The molecule has 1 N–H and O–H groups in total. The molecule has 0 saturated carbocycles. The summed E-state index contributed by atoms with van der Waals surface area (Å²) in [6, 6.07) is 7.02. The largest absolute Gasteiger partial charge is 0.381 e. The van der Waals surface area contributed by atoms with Gasteiger partial charge in [0, 0.05) is 17.6 Å². The van der Waals surface area contributed by atoms with Crippen molar-refractivity contribution in [1.82, 2.24) is 0 Å². The minimum Gasteiger partial charge on any atom is -0.381 e. The van der Waals surface area contributed by atoms with Crippen molar-refractivity contribution >= 4 is 27.1 Å². The second-order valence-electron chi connectivity index (χ2n) is 3.83. The fourth-order valence-electron chi connectivity index (χ4n) is 1.41. The minimum atomic E-state index is -3.11. The highest BCUT2D eigenvalue weighted by Crippen LogP contribution is 2.16. The van der Waals surface area contributed by atoms with Crippen molar-refractivity contribution in [3.8, 4) is 0 Å². The maximum Gasteiger partial charge on any atom is 0.178 e. The van der Waals surface area contributed by atoms with Crippen molar-refractivity contribution in [3.63, 3.8) is 0 Å². The van der Waals surface area contributed by atoms with Crippen molar-refractivity contribution in [2.45, 2.75) is 31.2 Å². The van der Waals surface area contributed by atoms with E-state index in [1.165, 1.54) is 0 Å². The van der Waals surface area contributed by atoms with Crippen LogP contribution in [0.3, 0.4) is 0 Å². The fraction of sp³-hybridized carbons (Fsp3) is 0.500. The number of hydrogen-bond acceptors (Lipinski definition) is 3. The van der Waals surface area contributed by atoms with Crippen LogP contribution >= 0.6 is 11.6 Å². The lowest BCUT2D eigenvalue weighted by Crippen LogP contribution is -2.19. The molecule has 0 bridgehead atoms. The smallest absolute Gasteiger partial charge is 0.178 e. The number of benzene rings is 1. The summed E-state index contributed by atoms with van der Waals surface area (Å²) in [5.41, 5.74) is 0.896. The molecule has 96 valence electrons. The first-order valence-corrected chi connectivity index (χ1v) is 7.87. The minimum absolute atomic E-state index is 0.124. The van der Waals surface area contributed by atoms with Crippen LogP contribution in [-0.2, 0) is 9.84 Å². The molecule has 0 fully saturated rings. The molecule has 1 aromatic carbocycles. The van der Waals surface area contributed by atoms with Gasteiger partial charge in [0.05, 0.1) is 10.6 Å². The van der Waals surface area contributed by atoms with Gasteiger partial charge < -0.3 is 5.32 Å². The first-order valence-electron chi connectivity index (χ1n) is 5.68. The van der Waals surface area contributed by atoms with Crippen molar-refractivity contribution in [2.24, 2.45) is 0 Å². The molecule has 3 nitrogen and oxygen atoms in total. The molecule has 5 heteroatoms. The van der Waals surface area contributed by atoms with Crippen molar-refractivity contribution in [1.29, 1.82) is 0 Å². The van der Waals surface area contributed by atoms with E-state index in [1.54, 1.807) is 31.2 Å². The van der Waals surface area contributed by atoms with Gasteiger partial charge in [-0.25, -0.2) is 8.42 Å². The summed E-state index contributed by atoms with van der Waals surface area (Å²) >= 11 is 5.79. The van der Waals surface area contributed by atoms with Gasteiger partial charge in [-0.15, -0.1) is 11.6 Å². The lowest BCUT2D eigenvalue weighted by atomic mass is 10.2. The van der Waals surface area contributed by atoms with Crippen LogP contribution in [0, 0.1) is 0 Å². The first kappa shape index (κ1) is 14.3. The van der Waals surface area contributed by atoms with Crippen molar-refractivity contribution in [2.75, 3.05) is 16.9 Å². The van der Waals surface area contributed by atoms with E-state index >= 15 is 0 Å². The molecule has 0 aliphatic carbocycles. The van der Waals surface area contributed by atoms with Gasteiger partial charge >= 0.3 is 0 Å². The summed E-state index contributed by atoms with van der Waals surface area (Å²) in [6.45, 7) is 3.69. The zero-order valence-corrected chi connectivity index (χ0v) is 11.7. The SMILES string of the molecule is CCC(CCl)Nc1ccc(S(=O)(=O)CC)cc1. The van der Waals surface area contributed by atoms with Gasteiger partial charge in [-0.2, -0.15) is 0 Å². The molecule has 0 radical (unpaired) electrons. The third kappa shape index (κ3) is 3.89. The molecular formula is C12H18ClNO2S. The number of sulfone groups is 1. The van der Waals surface area contributed by atoms with Gasteiger partial charge in [0.1, 0.15) is 0 Å². The van der Waals surface area contributed by atoms with E-state index in [-0.39, 0.29) is 11.8 Å². The number of rotatable bonds is 6. The van der Waals surface area contributed by atoms with Crippen LogP contribution in [-0.4, -0.2) is 26.1 Å². The summed E-state index contributed by atoms with van der Waals surface area (Å²) in [5.74, 6) is 0.657. The first-order chi connectivity index (χ1) is 8.03. The number of anilines is 1. The number of nitrogens with one attached hydrogen (secondary N) is 1. The van der Waals surface area contributed by atoms with Gasteiger partial charge in [0.25, 0.3) is 0 Å². The number of halogens is 1.